The summed E-state index contributed by atoms with van der Waals surface area (Å²) in [5, 5.41) is 39.5. The van der Waals surface area contributed by atoms with Gasteiger partial charge in [-0.15, -0.1) is 13.2 Å². The maximum absolute atomic E-state index is 12.6. The number of nitriles is 3. The zero-order valence-corrected chi connectivity index (χ0v) is 17.5. The van der Waals surface area contributed by atoms with Gasteiger partial charge in [-0.25, -0.2) is 0 Å². The third-order valence-electron chi connectivity index (χ3n) is 7.15. The van der Waals surface area contributed by atoms with E-state index in [4.69, 9.17) is 24.4 Å². The Morgan fingerprint density at radius 2 is 1.65 bits per heavy atom. The summed E-state index contributed by atoms with van der Waals surface area (Å²) >= 11 is 0. The Bertz CT molecular complexity index is 1150. The highest BCUT2D eigenvalue weighted by Gasteiger charge is 2.82. The number of halogens is 3. The highest BCUT2D eigenvalue weighted by Crippen LogP contribution is 2.70. The summed E-state index contributed by atoms with van der Waals surface area (Å²) in [5.74, 6) is -4.52. The van der Waals surface area contributed by atoms with Crippen LogP contribution in [0.1, 0.15) is 30.9 Å². The lowest BCUT2D eigenvalue weighted by atomic mass is 9.51. The molecular weight excluding hydrogens is 457 g/mol. The second kappa shape index (κ2) is 7.07. The molecule has 12 heteroatoms. The summed E-state index contributed by atoms with van der Waals surface area (Å²) in [6.07, 6.45) is -5.73. The predicted octanol–water partition coefficient (Wildman–Crippen LogP) is 3.45. The average Bonchev–Trinajstić information content (AvgIpc) is 3.33. The van der Waals surface area contributed by atoms with Gasteiger partial charge >= 0.3 is 6.36 Å². The van der Waals surface area contributed by atoms with Crippen LogP contribution in [0.15, 0.2) is 24.3 Å². The van der Waals surface area contributed by atoms with Gasteiger partial charge in [-0.2, -0.15) is 15.8 Å². The Morgan fingerprint density at radius 1 is 1.00 bits per heavy atom. The van der Waals surface area contributed by atoms with Crippen LogP contribution in [0.2, 0.25) is 0 Å². The molecule has 2 bridgehead atoms. The molecule has 1 N–H and O–H groups in total. The number of benzene rings is 1. The zero-order chi connectivity index (χ0) is 24.4. The maximum atomic E-state index is 12.6. The molecule has 3 aliphatic heterocycles. The topological polar surface area (TPSA) is 141 Å². The Balaban J connectivity index is 1.62. The van der Waals surface area contributed by atoms with E-state index < -0.39 is 52.4 Å². The summed E-state index contributed by atoms with van der Waals surface area (Å²) in [5.41, 5.74) is -4.10. The molecule has 0 aromatic heterocycles. The van der Waals surface area contributed by atoms with Gasteiger partial charge < -0.3 is 23.7 Å². The molecule has 1 aromatic rings. The molecule has 34 heavy (non-hydrogen) atoms. The molecule has 1 aromatic carbocycles. The number of nitrogens with one attached hydrogen (secondary N) is 1. The van der Waals surface area contributed by atoms with Crippen LogP contribution in [0, 0.1) is 56.2 Å². The Kier molecular flexibility index (Phi) is 4.66. The lowest BCUT2D eigenvalue weighted by Crippen LogP contribution is -2.63. The average molecular weight is 474 g/mol. The fourth-order valence-corrected chi connectivity index (χ4v) is 5.69. The monoisotopic (exact) mass is 474 g/mol. The van der Waals surface area contributed by atoms with Crippen molar-refractivity contribution < 1.29 is 36.9 Å². The van der Waals surface area contributed by atoms with Gasteiger partial charge in [0.1, 0.15) is 11.9 Å². The van der Waals surface area contributed by atoms with Crippen molar-refractivity contribution in [3.05, 3.63) is 29.8 Å². The van der Waals surface area contributed by atoms with Crippen molar-refractivity contribution in [3.63, 3.8) is 0 Å². The first kappa shape index (κ1) is 22.4. The van der Waals surface area contributed by atoms with E-state index in [1.165, 1.54) is 12.1 Å². The number of ether oxygens (including phenoxy) is 5. The van der Waals surface area contributed by atoms with Gasteiger partial charge in [0.15, 0.2) is 11.2 Å². The van der Waals surface area contributed by atoms with E-state index >= 15 is 0 Å². The van der Waals surface area contributed by atoms with Crippen molar-refractivity contribution in [1.29, 1.82) is 21.2 Å². The summed E-state index contributed by atoms with van der Waals surface area (Å²) in [6, 6.07) is 10.4. The van der Waals surface area contributed by atoms with Gasteiger partial charge in [0.05, 0.1) is 37.3 Å². The molecule has 0 radical (unpaired) electrons. The minimum absolute atomic E-state index is 0.0686. The van der Waals surface area contributed by atoms with Crippen LogP contribution in [-0.2, 0) is 18.9 Å². The quantitative estimate of drug-likeness (QED) is 0.687. The third kappa shape index (κ3) is 2.78. The molecule has 4 unspecified atom stereocenters. The Morgan fingerprint density at radius 3 is 2.21 bits per heavy atom. The molecule has 9 nitrogen and oxygen atoms in total. The second-order valence-corrected chi connectivity index (χ2v) is 8.67. The standard InChI is InChI=1S/C22H17F3N4O5/c23-22(24,25)32-14-3-1-13(2-4-14)16-18(10-26,11-27)20(12-28)15-9-19(30-7-8-31-19)5-6-21(15,33-16)34-17(20)29/h1-4,15-16,29H,5-9H2. The van der Waals surface area contributed by atoms with E-state index in [0.717, 1.165) is 12.1 Å². The van der Waals surface area contributed by atoms with Crippen LogP contribution >= 0.6 is 0 Å². The Hall–Kier alpha value is -3.37. The molecule has 4 fully saturated rings. The molecule has 1 spiro atoms. The van der Waals surface area contributed by atoms with Crippen molar-refractivity contribution >= 4 is 5.90 Å². The van der Waals surface area contributed by atoms with Crippen LogP contribution in [0.5, 0.6) is 5.75 Å². The van der Waals surface area contributed by atoms with Crippen LogP contribution in [0.4, 0.5) is 13.2 Å². The van der Waals surface area contributed by atoms with Gasteiger partial charge in [0, 0.05) is 19.3 Å². The molecule has 3 heterocycles. The van der Waals surface area contributed by atoms with Gasteiger partial charge in [-0.1, -0.05) is 12.1 Å². The van der Waals surface area contributed by atoms with E-state index in [2.05, 4.69) is 4.74 Å². The van der Waals surface area contributed by atoms with Crippen molar-refractivity contribution in [2.45, 2.75) is 43.3 Å². The first-order chi connectivity index (χ1) is 16.1. The lowest BCUT2D eigenvalue weighted by molar-refractivity contribution is -0.330. The predicted molar refractivity (Wildman–Crippen MR) is 102 cm³/mol. The van der Waals surface area contributed by atoms with Gasteiger partial charge in [-0.3, -0.25) is 5.41 Å². The van der Waals surface area contributed by atoms with Crippen LogP contribution in [0.25, 0.3) is 0 Å². The summed E-state index contributed by atoms with van der Waals surface area (Å²) < 4.78 is 65.2. The SMILES string of the molecule is N#CC1(C#N)C(c2ccc(OC(F)(F)F)cc2)OC23CCC4(CC2C1(C#N)C(=N)O3)OCCO4. The zero-order valence-electron chi connectivity index (χ0n) is 17.5. The second-order valence-electron chi connectivity index (χ2n) is 8.67. The summed E-state index contributed by atoms with van der Waals surface area (Å²) in [4.78, 5) is 0. The normalized spacial score (nSPS) is 34.9. The number of hydrogen-bond acceptors (Lipinski definition) is 9. The van der Waals surface area contributed by atoms with Crippen LogP contribution in [0.3, 0.4) is 0 Å². The largest absolute Gasteiger partial charge is 0.573 e. The number of alkyl halides is 3. The van der Waals surface area contributed by atoms with Crippen molar-refractivity contribution in [3.8, 4) is 24.0 Å². The molecule has 1 saturated carbocycles. The van der Waals surface area contributed by atoms with Crippen molar-refractivity contribution in [2.75, 3.05) is 13.2 Å². The van der Waals surface area contributed by atoms with E-state index in [-0.39, 0.29) is 18.4 Å². The molecule has 0 amide bonds. The minimum atomic E-state index is -4.90. The van der Waals surface area contributed by atoms with Crippen LogP contribution < -0.4 is 4.74 Å². The van der Waals surface area contributed by atoms with E-state index in [9.17, 15) is 29.0 Å². The molecular formula is C22H17F3N4O5. The highest BCUT2D eigenvalue weighted by atomic mass is 19.4. The molecule has 4 aliphatic rings. The molecule has 176 valence electrons. The van der Waals surface area contributed by atoms with Gasteiger partial charge in [0.2, 0.25) is 17.1 Å². The minimum Gasteiger partial charge on any atom is -0.447 e. The fraction of sp³-hybridized carbons (Fsp3) is 0.545. The number of nitrogens with zero attached hydrogens (tertiary/aromatic N) is 3. The first-order valence-corrected chi connectivity index (χ1v) is 10.4. The lowest BCUT2D eigenvalue weighted by Gasteiger charge is -2.54. The number of rotatable bonds is 2. The van der Waals surface area contributed by atoms with E-state index in [0.29, 0.717) is 19.6 Å². The highest BCUT2D eigenvalue weighted by molar-refractivity contribution is 5.89. The molecule has 4 atom stereocenters. The van der Waals surface area contributed by atoms with E-state index in [1.807, 2.05) is 18.2 Å². The summed E-state index contributed by atoms with van der Waals surface area (Å²) in [6.45, 7) is 0.685. The smallest absolute Gasteiger partial charge is 0.447 e. The van der Waals surface area contributed by atoms with Gasteiger partial charge in [0.25, 0.3) is 0 Å². The molecule has 1 aliphatic carbocycles. The maximum Gasteiger partial charge on any atom is 0.573 e. The summed E-state index contributed by atoms with van der Waals surface area (Å²) in [7, 11) is 0. The van der Waals surface area contributed by atoms with E-state index in [1.54, 1.807) is 0 Å². The van der Waals surface area contributed by atoms with Gasteiger partial charge in [-0.05, 0) is 17.7 Å². The van der Waals surface area contributed by atoms with Crippen LogP contribution in [-0.4, -0.2) is 37.0 Å². The van der Waals surface area contributed by atoms with Crippen molar-refractivity contribution in [1.82, 2.24) is 0 Å². The third-order valence-corrected chi connectivity index (χ3v) is 7.15. The first-order valence-electron chi connectivity index (χ1n) is 10.4. The number of hydrogen-bond donors (Lipinski definition) is 1. The Labute approximate surface area is 191 Å². The molecule has 3 saturated heterocycles. The molecule has 5 rings (SSSR count). The van der Waals surface area contributed by atoms with Crippen molar-refractivity contribution in [2.24, 2.45) is 16.7 Å². The fourth-order valence-electron chi connectivity index (χ4n) is 5.69.